The maximum absolute atomic E-state index is 11.6. The summed E-state index contributed by atoms with van der Waals surface area (Å²) in [5.74, 6) is 1.24. The van der Waals surface area contributed by atoms with E-state index in [4.69, 9.17) is 9.73 Å². The van der Waals surface area contributed by atoms with Crippen molar-refractivity contribution in [2.75, 3.05) is 19.7 Å². The molecule has 9 heteroatoms. The lowest BCUT2D eigenvalue weighted by Gasteiger charge is -2.19. The number of hydrogen-bond donors (Lipinski definition) is 3. The third kappa shape index (κ3) is 8.36. The molecule has 0 aliphatic carbocycles. The highest BCUT2D eigenvalue weighted by atomic mass is 127. The molecule has 1 amide bonds. The molecule has 3 rings (SSSR count). The number of aromatic nitrogens is 2. The van der Waals surface area contributed by atoms with Gasteiger partial charge in [-0.05, 0) is 62.2 Å². The Labute approximate surface area is 218 Å². The number of carbonyl (C=O) groups excluding carboxylic acids is 1. The summed E-state index contributed by atoms with van der Waals surface area (Å²) in [7, 11) is 0. The number of benzene rings is 2. The van der Waals surface area contributed by atoms with Gasteiger partial charge in [0, 0.05) is 25.5 Å². The third-order valence-corrected chi connectivity index (χ3v) is 4.90. The number of aliphatic imine (C=N–C) groups is 1. The minimum Gasteiger partial charge on any atom is -0.484 e. The fourth-order valence-corrected chi connectivity index (χ4v) is 3.27. The molecule has 0 spiro atoms. The lowest BCUT2D eigenvalue weighted by Crippen LogP contribution is -2.38. The Morgan fingerprint density at radius 2 is 1.88 bits per heavy atom. The van der Waals surface area contributed by atoms with Crippen LogP contribution in [0.2, 0.25) is 0 Å². The normalized spacial score (nSPS) is 11.8. The molecule has 3 N–H and O–H groups in total. The quantitative estimate of drug-likeness (QED) is 0.194. The van der Waals surface area contributed by atoms with Crippen LogP contribution in [-0.4, -0.2) is 41.3 Å². The summed E-state index contributed by atoms with van der Waals surface area (Å²) in [6.07, 6.45) is 3.70. The Morgan fingerprint density at radius 1 is 1.09 bits per heavy atom. The van der Waals surface area contributed by atoms with E-state index in [1.807, 2.05) is 67.2 Å². The second kappa shape index (κ2) is 14.2. The van der Waals surface area contributed by atoms with E-state index in [0.717, 1.165) is 29.3 Å². The van der Waals surface area contributed by atoms with E-state index >= 15 is 0 Å². The van der Waals surface area contributed by atoms with Gasteiger partial charge >= 0.3 is 0 Å². The fraction of sp³-hybridized carbons (Fsp3) is 0.320. The summed E-state index contributed by atoms with van der Waals surface area (Å²) in [5, 5.41) is 13.8. The molecular weight excluding hydrogens is 543 g/mol. The van der Waals surface area contributed by atoms with Crippen LogP contribution in [0.1, 0.15) is 37.9 Å². The molecule has 3 aromatic rings. The third-order valence-electron chi connectivity index (χ3n) is 4.90. The first-order chi connectivity index (χ1) is 16.1. The van der Waals surface area contributed by atoms with E-state index < -0.39 is 0 Å². The second-order valence-electron chi connectivity index (χ2n) is 7.50. The Balaban J connectivity index is 0.00000408. The molecule has 0 saturated heterocycles. The van der Waals surface area contributed by atoms with Gasteiger partial charge in [-0.25, -0.2) is 9.67 Å². The summed E-state index contributed by atoms with van der Waals surface area (Å²) < 4.78 is 7.42. The SMILES string of the molecule is CCNC(=O)COc1cccc(CN=C(NCC)NC(C)c2cccc(-n3cccn3)c2)c1.I. The predicted molar refractivity (Wildman–Crippen MR) is 146 cm³/mol. The Morgan fingerprint density at radius 3 is 2.62 bits per heavy atom. The molecule has 1 unspecified atom stereocenters. The van der Waals surface area contributed by atoms with Gasteiger partial charge in [0.1, 0.15) is 5.75 Å². The van der Waals surface area contributed by atoms with Crippen molar-refractivity contribution < 1.29 is 9.53 Å². The minimum atomic E-state index is -0.134. The van der Waals surface area contributed by atoms with Gasteiger partial charge in [0.15, 0.2) is 12.6 Å². The first kappa shape index (κ1) is 27.2. The molecule has 1 aromatic heterocycles. The van der Waals surface area contributed by atoms with Gasteiger partial charge in [0.25, 0.3) is 5.91 Å². The van der Waals surface area contributed by atoms with Gasteiger partial charge < -0.3 is 20.7 Å². The average Bonchev–Trinajstić information content (AvgIpc) is 3.37. The molecule has 34 heavy (non-hydrogen) atoms. The molecule has 1 atom stereocenters. The molecule has 1 heterocycles. The highest BCUT2D eigenvalue weighted by molar-refractivity contribution is 14.0. The van der Waals surface area contributed by atoms with E-state index in [0.29, 0.717) is 18.8 Å². The number of likely N-dealkylation sites (N-methyl/N-ethyl adjacent to an activating group) is 1. The van der Waals surface area contributed by atoms with Crippen LogP contribution >= 0.6 is 24.0 Å². The molecule has 0 aliphatic heterocycles. The number of nitrogens with zero attached hydrogens (tertiary/aromatic N) is 3. The van der Waals surface area contributed by atoms with Crippen molar-refractivity contribution in [1.29, 1.82) is 0 Å². The molecule has 0 saturated carbocycles. The van der Waals surface area contributed by atoms with Crippen molar-refractivity contribution >= 4 is 35.8 Å². The van der Waals surface area contributed by atoms with Crippen LogP contribution in [0.3, 0.4) is 0 Å². The van der Waals surface area contributed by atoms with Gasteiger partial charge in [-0.3, -0.25) is 4.79 Å². The molecule has 182 valence electrons. The number of hydrogen-bond acceptors (Lipinski definition) is 4. The molecule has 0 aliphatic rings. The number of ether oxygens (including phenoxy) is 1. The highest BCUT2D eigenvalue weighted by Gasteiger charge is 2.09. The number of carbonyl (C=O) groups is 1. The number of nitrogens with one attached hydrogen (secondary N) is 3. The Kier molecular flexibility index (Phi) is 11.4. The Bertz CT molecular complexity index is 1060. The first-order valence-corrected chi connectivity index (χ1v) is 11.2. The number of halogens is 1. The molecule has 2 aromatic carbocycles. The summed E-state index contributed by atoms with van der Waals surface area (Å²) in [5.41, 5.74) is 3.14. The van der Waals surface area contributed by atoms with Crippen molar-refractivity contribution in [3.63, 3.8) is 0 Å². The van der Waals surface area contributed by atoms with E-state index in [9.17, 15) is 4.79 Å². The minimum absolute atomic E-state index is 0. The standard InChI is InChI=1S/C25H32N6O2.HI/c1-4-26-24(32)18-33-23-12-6-9-20(15-23)17-28-25(27-5-2)30-19(3)21-10-7-11-22(16-21)31-14-8-13-29-31;/h6-16,19H,4-5,17-18H2,1-3H3,(H,26,32)(H2,27,28,30);1H. The van der Waals surface area contributed by atoms with Gasteiger partial charge in [-0.2, -0.15) is 5.10 Å². The molecular formula is C25H33IN6O2. The lowest BCUT2D eigenvalue weighted by molar-refractivity contribution is -0.122. The van der Waals surface area contributed by atoms with Crippen LogP contribution in [0.15, 0.2) is 72.0 Å². The summed E-state index contributed by atoms with van der Waals surface area (Å²) in [6, 6.07) is 17.9. The molecule has 8 nitrogen and oxygen atoms in total. The number of amides is 1. The van der Waals surface area contributed by atoms with Crippen molar-refractivity contribution in [2.45, 2.75) is 33.4 Å². The monoisotopic (exact) mass is 576 g/mol. The van der Waals surface area contributed by atoms with Gasteiger partial charge in [-0.15, -0.1) is 24.0 Å². The van der Waals surface area contributed by atoms with Crippen molar-refractivity contribution in [1.82, 2.24) is 25.7 Å². The fourth-order valence-electron chi connectivity index (χ4n) is 3.27. The zero-order chi connectivity index (χ0) is 23.5. The largest absolute Gasteiger partial charge is 0.484 e. The molecule has 0 radical (unpaired) electrons. The van der Waals surface area contributed by atoms with Crippen molar-refractivity contribution in [3.8, 4) is 11.4 Å². The van der Waals surface area contributed by atoms with Crippen molar-refractivity contribution in [3.05, 3.63) is 78.1 Å². The Hall–Kier alpha value is -3.08. The van der Waals surface area contributed by atoms with Crippen LogP contribution in [0.25, 0.3) is 5.69 Å². The van der Waals surface area contributed by atoms with E-state index in [1.54, 1.807) is 6.20 Å². The van der Waals surface area contributed by atoms with E-state index in [1.165, 1.54) is 0 Å². The van der Waals surface area contributed by atoms with Crippen LogP contribution in [0.4, 0.5) is 0 Å². The lowest BCUT2D eigenvalue weighted by atomic mass is 10.1. The zero-order valence-electron chi connectivity index (χ0n) is 19.8. The zero-order valence-corrected chi connectivity index (χ0v) is 22.2. The number of rotatable bonds is 10. The van der Waals surface area contributed by atoms with Gasteiger partial charge in [-0.1, -0.05) is 24.3 Å². The van der Waals surface area contributed by atoms with Crippen LogP contribution in [0, 0.1) is 0 Å². The van der Waals surface area contributed by atoms with Crippen LogP contribution in [-0.2, 0) is 11.3 Å². The summed E-state index contributed by atoms with van der Waals surface area (Å²) >= 11 is 0. The average molecular weight is 576 g/mol. The predicted octanol–water partition coefficient (Wildman–Crippen LogP) is 3.82. The molecule has 0 fully saturated rings. The second-order valence-corrected chi connectivity index (χ2v) is 7.50. The van der Waals surface area contributed by atoms with Gasteiger partial charge in [0.05, 0.1) is 18.3 Å². The summed E-state index contributed by atoms with van der Waals surface area (Å²) in [6.45, 7) is 7.84. The first-order valence-electron chi connectivity index (χ1n) is 11.2. The van der Waals surface area contributed by atoms with Gasteiger partial charge in [0.2, 0.25) is 0 Å². The highest BCUT2D eigenvalue weighted by Crippen LogP contribution is 2.17. The topological polar surface area (TPSA) is 92.6 Å². The maximum Gasteiger partial charge on any atom is 0.257 e. The smallest absolute Gasteiger partial charge is 0.257 e. The van der Waals surface area contributed by atoms with Crippen LogP contribution < -0.4 is 20.7 Å². The summed E-state index contributed by atoms with van der Waals surface area (Å²) in [4.78, 5) is 16.3. The van der Waals surface area contributed by atoms with Crippen molar-refractivity contribution in [2.24, 2.45) is 4.99 Å². The van der Waals surface area contributed by atoms with E-state index in [-0.39, 0.29) is 42.5 Å². The van der Waals surface area contributed by atoms with E-state index in [2.05, 4.69) is 40.1 Å². The number of guanidine groups is 1. The maximum atomic E-state index is 11.6. The van der Waals surface area contributed by atoms with Crippen LogP contribution in [0.5, 0.6) is 5.75 Å². The molecule has 0 bridgehead atoms.